The smallest absolute Gasteiger partial charge is 0.101 e. The molecule has 26 heavy (non-hydrogen) atoms. The van der Waals surface area contributed by atoms with E-state index >= 15 is 0 Å². The van der Waals surface area contributed by atoms with Crippen molar-refractivity contribution in [2.24, 2.45) is 9.98 Å². The number of hydrogen-bond donors (Lipinski definition) is 0. The molecule has 0 aliphatic heterocycles. The Bertz CT molecular complexity index is 962. The summed E-state index contributed by atoms with van der Waals surface area (Å²) in [5.41, 5.74) is 4.23. The van der Waals surface area contributed by atoms with Gasteiger partial charge < -0.3 is 0 Å². The minimum absolute atomic E-state index is 0.545. The van der Waals surface area contributed by atoms with Gasteiger partial charge in [-0.15, -0.1) is 0 Å². The molecule has 0 saturated heterocycles. The van der Waals surface area contributed by atoms with Crippen molar-refractivity contribution in [1.29, 1.82) is 10.5 Å². The van der Waals surface area contributed by atoms with Gasteiger partial charge in [-0.05, 0) is 35.4 Å². The third-order valence-corrected chi connectivity index (χ3v) is 3.69. The van der Waals surface area contributed by atoms with Crippen molar-refractivity contribution in [2.45, 2.75) is 0 Å². The van der Waals surface area contributed by atoms with Crippen LogP contribution < -0.4 is 0 Å². The average molecular weight is 334 g/mol. The minimum Gasteiger partial charge on any atom is -0.255 e. The molecule has 0 aliphatic rings. The van der Waals surface area contributed by atoms with Gasteiger partial charge in [-0.1, -0.05) is 48.5 Å². The summed E-state index contributed by atoms with van der Waals surface area (Å²) in [7, 11) is 0. The van der Waals surface area contributed by atoms with Crippen LogP contribution in [0, 0.1) is 22.7 Å². The van der Waals surface area contributed by atoms with Crippen LogP contribution >= 0.6 is 0 Å². The van der Waals surface area contributed by atoms with E-state index in [-0.39, 0.29) is 0 Å². The van der Waals surface area contributed by atoms with Crippen molar-refractivity contribution in [2.75, 3.05) is 0 Å². The molecule has 0 amide bonds. The van der Waals surface area contributed by atoms with Crippen LogP contribution in [0.4, 0.5) is 11.4 Å². The topological polar surface area (TPSA) is 72.3 Å². The van der Waals surface area contributed by atoms with Gasteiger partial charge in [0.25, 0.3) is 0 Å². The Labute approximate surface area is 152 Å². The van der Waals surface area contributed by atoms with E-state index in [0.29, 0.717) is 22.5 Å². The summed E-state index contributed by atoms with van der Waals surface area (Å²) < 4.78 is 0. The molecule has 4 heteroatoms. The summed E-state index contributed by atoms with van der Waals surface area (Å²) in [5, 5.41) is 18.2. The number of rotatable bonds is 4. The summed E-state index contributed by atoms with van der Waals surface area (Å²) in [4.78, 5) is 8.75. The van der Waals surface area contributed by atoms with E-state index in [1.807, 2.05) is 60.7 Å². The number of nitriles is 2. The van der Waals surface area contributed by atoms with Gasteiger partial charge in [0.2, 0.25) is 0 Å². The molecular formula is C22H14N4. The number of benzene rings is 3. The largest absolute Gasteiger partial charge is 0.255 e. The summed E-state index contributed by atoms with van der Waals surface area (Å²) in [6, 6.07) is 26.4. The first-order chi connectivity index (χ1) is 12.8. The highest BCUT2D eigenvalue weighted by Crippen LogP contribution is 2.18. The fourth-order valence-electron chi connectivity index (χ4n) is 2.32. The SMILES string of the molecule is N#Cc1ccccc1N=Cc1ccc(C=Nc2ccccc2C#N)cc1. The van der Waals surface area contributed by atoms with E-state index in [0.717, 1.165) is 11.1 Å². The fourth-order valence-corrected chi connectivity index (χ4v) is 2.32. The molecule has 3 aromatic carbocycles. The summed E-state index contributed by atoms with van der Waals surface area (Å²) >= 11 is 0. The lowest BCUT2D eigenvalue weighted by atomic mass is 10.1. The fraction of sp³-hybridized carbons (Fsp3) is 0. The van der Waals surface area contributed by atoms with E-state index in [9.17, 15) is 0 Å². The average Bonchev–Trinajstić information content (AvgIpc) is 2.72. The monoisotopic (exact) mass is 334 g/mol. The standard InChI is InChI=1S/C22H14N4/c23-13-19-5-1-3-7-21(19)25-15-17-9-11-18(12-10-17)16-26-22-8-4-2-6-20(22)14-24/h1-12,15-16H. The molecule has 0 heterocycles. The maximum Gasteiger partial charge on any atom is 0.101 e. The number of aliphatic imine (C=N–C) groups is 2. The van der Waals surface area contributed by atoms with Gasteiger partial charge in [-0.25, -0.2) is 0 Å². The molecule has 3 aromatic rings. The molecule has 0 saturated carbocycles. The predicted octanol–water partition coefficient (Wildman–Crippen LogP) is 4.93. The first-order valence-electron chi connectivity index (χ1n) is 7.96. The van der Waals surface area contributed by atoms with Gasteiger partial charge in [0.15, 0.2) is 0 Å². The second-order valence-electron chi connectivity index (χ2n) is 5.44. The maximum atomic E-state index is 9.08. The number of hydrogen-bond acceptors (Lipinski definition) is 4. The Morgan fingerprint density at radius 3 is 1.35 bits per heavy atom. The van der Waals surface area contributed by atoms with Crippen LogP contribution in [0.25, 0.3) is 0 Å². The highest BCUT2D eigenvalue weighted by Gasteiger charge is 1.98. The third-order valence-electron chi connectivity index (χ3n) is 3.69. The van der Waals surface area contributed by atoms with Crippen molar-refractivity contribution in [3.8, 4) is 12.1 Å². The molecule has 122 valence electrons. The van der Waals surface area contributed by atoms with Crippen molar-refractivity contribution < 1.29 is 0 Å². The van der Waals surface area contributed by atoms with Crippen molar-refractivity contribution in [1.82, 2.24) is 0 Å². The molecule has 0 atom stereocenters. The molecular weight excluding hydrogens is 320 g/mol. The third kappa shape index (κ3) is 4.08. The zero-order valence-electron chi connectivity index (χ0n) is 13.9. The van der Waals surface area contributed by atoms with Gasteiger partial charge in [-0.2, -0.15) is 10.5 Å². The second-order valence-corrected chi connectivity index (χ2v) is 5.44. The van der Waals surface area contributed by atoms with Crippen LogP contribution in [0.15, 0.2) is 82.8 Å². The molecule has 0 fully saturated rings. The minimum atomic E-state index is 0.545. The summed E-state index contributed by atoms with van der Waals surface area (Å²) in [6.45, 7) is 0. The van der Waals surface area contributed by atoms with E-state index in [1.165, 1.54) is 0 Å². The zero-order chi connectivity index (χ0) is 18.2. The van der Waals surface area contributed by atoms with Crippen LogP contribution in [-0.4, -0.2) is 12.4 Å². The van der Waals surface area contributed by atoms with Gasteiger partial charge in [0, 0.05) is 12.4 Å². The van der Waals surface area contributed by atoms with Gasteiger partial charge in [-0.3, -0.25) is 9.98 Å². The predicted molar refractivity (Wildman–Crippen MR) is 103 cm³/mol. The van der Waals surface area contributed by atoms with Crippen LogP contribution in [0.3, 0.4) is 0 Å². The Hall–Kier alpha value is -4.02. The molecule has 0 aromatic heterocycles. The van der Waals surface area contributed by atoms with Crippen molar-refractivity contribution >= 4 is 23.8 Å². The van der Waals surface area contributed by atoms with Crippen LogP contribution in [-0.2, 0) is 0 Å². The normalized spacial score (nSPS) is 10.7. The number of para-hydroxylation sites is 2. The Morgan fingerprint density at radius 1 is 0.577 bits per heavy atom. The van der Waals surface area contributed by atoms with E-state index in [4.69, 9.17) is 10.5 Å². The van der Waals surface area contributed by atoms with Gasteiger partial charge >= 0.3 is 0 Å². The quantitative estimate of drug-likeness (QED) is 0.634. The number of nitrogens with zero attached hydrogens (tertiary/aromatic N) is 4. The highest BCUT2D eigenvalue weighted by atomic mass is 14.7. The van der Waals surface area contributed by atoms with Crippen molar-refractivity contribution in [3.05, 3.63) is 95.1 Å². The maximum absolute atomic E-state index is 9.08. The van der Waals surface area contributed by atoms with E-state index in [1.54, 1.807) is 24.6 Å². The van der Waals surface area contributed by atoms with Crippen LogP contribution in [0.5, 0.6) is 0 Å². The lowest BCUT2D eigenvalue weighted by Gasteiger charge is -1.99. The van der Waals surface area contributed by atoms with Gasteiger partial charge in [0.05, 0.1) is 22.5 Å². The lowest BCUT2D eigenvalue weighted by Crippen LogP contribution is -1.85. The molecule has 0 N–H and O–H groups in total. The lowest BCUT2D eigenvalue weighted by molar-refractivity contribution is 1.44. The van der Waals surface area contributed by atoms with Crippen LogP contribution in [0.2, 0.25) is 0 Å². The summed E-state index contributed by atoms with van der Waals surface area (Å²) in [6.07, 6.45) is 3.45. The van der Waals surface area contributed by atoms with Crippen molar-refractivity contribution in [3.63, 3.8) is 0 Å². The molecule has 0 bridgehead atoms. The van der Waals surface area contributed by atoms with E-state index in [2.05, 4.69) is 22.1 Å². The molecule has 0 aliphatic carbocycles. The first-order valence-corrected chi connectivity index (χ1v) is 7.96. The Balaban J connectivity index is 1.75. The zero-order valence-corrected chi connectivity index (χ0v) is 13.9. The Morgan fingerprint density at radius 2 is 0.962 bits per heavy atom. The molecule has 0 unspecified atom stereocenters. The Kier molecular flexibility index (Phi) is 5.30. The van der Waals surface area contributed by atoms with Crippen LogP contribution in [0.1, 0.15) is 22.3 Å². The molecule has 3 rings (SSSR count). The first kappa shape index (κ1) is 16.8. The van der Waals surface area contributed by atoms with Gasteiger partial charge in [0.1, 0.15) is 12.1 Å². The summed E-state index contributed by atoms with van der Waals surface area (Å²) in [5.74, 6) is 0. The van der Waals surface area contributed by atoms with E-state index < -0.39 is 0 Å². The molecule has 0 spiro atoms. The molecule has 0 radical (unpaired) electrons. The molecule has 4 nitrogen and oxygen atoms in total. The highest BCUT2D eigenvalue weighted by molar-refractivity contribution is 5.86. The second kappa shape index (κ2) is 8.19.